The highest BCUT2D eigenvalue weighted by Gasteiger charge is 2.65. The second kappa shape index (κ2) is 3.77. The van der Waals surface area contributed by atoms with E-state index in [9.17, 15) is 4.79 Å². The first kappa shape index (κ1) is 12.0. The largest absolute Gasteiger partial charge is 0.325 e. The molecule has 1 fully saturated rings. The number of nitrogens with one attached hydrogen (secondary N) is 1. The monoisotopic (exact) mass is 289 g/mol. The molecule has 3 aromatic rings. The maximum Gasteiger partial charge on any atom is 0.235 e. The lowest BCUT2D eigenvalue weighted by Gasteiger charge is -2.09. The number of carbonyl (C=O) groups excluding carboxylic acids is 1. The number of para-hydroxylation sites is 1. The van der Waals surface area contributed by atoms with Crippen molar-refractivity contribution in [2.75, 3.05) is 5.32 Å². The van der Waals surface area contributed by atoms with Gasteiger partial charge < -0.3 is 5.32 Å². The van der Waals surface area contributed by atoms with Gasteiger partial charge in [0, 0.05) is 24.0 Å². The van der Waals surface area contributed by atoms with Gasteiger partial charge in [-0.3, -0.25) is 9.48 Å². The zero-order chi connectivity index (χ0) is 14.9. The van der Waals surface area contributed by atoms with Crippen molar-refractivity contribution in [1.29, 1.82) is 0 Å². The van der Waals surface area contributed by atoms with Crippen molar-refractivity contribution < 1.29 is 4.79 Å². The number of fused-ring (bicyclic) bond motifs is 3. The fourth-order valence-electron chi connectivity index (χ4n) is 3.93. The third kappa shape index (κ3) is 1.32. The molecule has 0 radical (unpaired) electrons. The van der Waals surface area contributed by atoms with Crippen LogP contribution in [-0.4, -0.2) is 15.7 Å². The number of nitrogens with zero attached hydrogens (tertiary/aromatic N) is 2. The van der Waals surface area contributed by atoms with Crippen molar-refractivity contribution in [3.8, 4) is 0 Å². The molecule has 0 saturated heterocycles. The van der Waals surface area contributed by atoms with Crippen molar-refractivity contribution in [2.24, 2.45) is 7.05 Å². The summed E-state index contributed by atoms with van der Waals surface area (Å²) in [6.07, 6.45) is 2.76. The van der Waals surface area contributed by atoms with Gasteiger partial charge in [-0.1, -0.05) is 30.3 Å². The molecule has 1 aliphatic carbocycles. The molecule has 2 heterocycles. The second-order valence-corrected chi connectivity index (χ2v) is 6.31. The Morgan fingerprint density at radius 1 is 1.27 bits per heavy atom. The van der Waals surface area contributed by atoms with Crippen molar-refractivity contribution in [3.05, 3.63) is 59.8 Å². The Labute approximate surface area is 127 Å². The first-order valence-electron chi connectivity index (χ1n) is 7.53. The van der Waals surface area contributed by atoms with Crippen LogP contribution in [0.2, 0.25) is 0 Å². The molecule has 1 aromatic heterocycles. The normalized spacial score (nSPS) is 25.5. The van der Waals surface area contributed by atoms with Crippen molar-refractivity contribution >= 4 is 22.5 Å². The Hall–Kier alpha value is -2.62. The fourth-order valence-corrected chi connectivity index (χ4v) is 3.93. The first-order chi connectivity index (χ1) is 10.7. The van der Waals surface area contributed by atoms with Gasteiger partial charge in [0.2, 0.25) is 5.91 Å². The predicted molar refractivity (Wildman–Crippen MR) is 84.8 cm³/mol. The summed E-state index contributed by atoms with van der Waals surface area (Å²) in [7, 11) is 1.95. The van der Waals surface area contributed by atoms with Crippen LogP contribution in [0.15, 0.2) is 48.7 Å². The Bertz CT molecular complexity index is 942. The lowest BCUT2D eigenvalue weighted by atomic mass is 9.92. The van der Waals surface area contributed by atoms with Crippen molar-refractivity contribution in [2.45, 2.75) is 17.8 Å². The summed E-state index contributed by atoms with van der Waals surface area (Å²) in [6, 6.07) is 14.5. The second-order valence-electron chi connectivity index (χ2n) is 6.31. The molecule has 2 aromatic carbocycles. The number of rotatable bonds is 1. The Morgan fingerprint density at radius 3 is 3.05 bits per heavy atom. The quantitative estimate of drug-likeness (QED) is 0.748. The average Bonchev–Trinajstić information content (AvgIpc) is 3.10. The minimum atomic E-state index is -0.358. The number of carbonyl (C=O) groups is 1. The maximum absolute atomic E-state index is 12.6. The van der Waals surface area contributed by atoms with Gasteiger partial charge in [-0.25, -0.2) is 0 Å². The zero-order valence-corrected chi connectivity index (χ0v) is 12.2. The number of aryl methyl sites for hydroxylation is 1. The number of hydrogen-bond donors (Lipinski definition) is 1. The van der Waals surface area contributed by atoms with Gasteiger partial charge in [-0.05, 0) is 29.7 Å². The minimum Gasteiger partial charge on any atom is -0.325 e. The maximum atomic E-state index is 12.6. The summed E-state index contributed by atoms with van der Waals surface area (Å²) in [4.78, 5) is 12.6. The van der Waals surface area contributed by atoms with E-state index in [4.69, 9.17) is 0 Å². The number of aromatic nitrogens is 2. The molecule has 2 atom stereocenters. The van der Waals surface area contributed by atoms with Crippen LogP contribution in [0.25, 0.3) is 10.9 Å². The number of hydrogen-bond acceptors (Lipinski definition) is 2. The molecule has 1 amide bonds. The van der Waals surface area contributed by atoms with E-state index in [-0.39, 0.29) is 17.2 Å². The highest BCUT2D eigenvalue weighted by molar-refractivity contribution is 6.09. The summed E-state index contributed by atoms with van der Waals surface area (Å²) in [5, 5.41) is 8.47. The van der Waals surface area contributed by atoms with E-state index in [1.54, 1.807) is 0 Å². The van der Waals surface area contributed by atoms with E-state index >= 15 is 0 Å². The topological polar surface area (TPSA) is 46.9 Å². The molecule has 22 heavy (non-hydrogen) atoms. The van der Waals surface area contributed by atoms with Gasteiger partial charge in [0.05, 0.1) is 17.1 Å². The smallest absolute Gasteiger partial charge is 0.235 e. The summed E-state index contributed by atoms with van der Waals surface area (Å²) in [6.45, 7) is 0. The minimum absolute atomic E-state index is 0.142. The van der Waals surface area contributed by atoms with Crippen LogP contribution in [0, 0.1) is 0 Å². The standard InChI is InChI=1S/C18H15N3O/c1-21-16-8-11(6-7-12(16)10-19-21)14-9-18(14)13-4-2-3-5-15(13)20-17(18)22/h2-8,10,14H,9H2,1H3,(H,20,22)/t14-,18-/m0/s1. The SMILES string of the molecule is Cn1ncc2ccc([C@@H]3C[C@@]34C(=O)Nc3ccccc34)cc21. The number of amides is 1. The van der Waals surface area contributed by atoms with Crippen LogP contribution < -0.4 is 5.32 Å². The highest BCUT2D eigenvalue weighted by atomic mass is 16.2. The Morgan fingerprint density at radius 2 is 2.14 bits per heavy atom. The van der Waals surface area contributed by atoms with E-state index in [2.05, 4.69) is 34.7 Å². The van der Waals surface area contributed by atoms with Crippen LogP contribution in [-0.2, 0) is 17.3 Å². The third-order valence-corrected chi connectivity index (χ3v) is 5.20. The summed E-state index contributed by atoms with van der Waals surface area (Å²) < 4.78 is 1.89. The number of anilines is 1. The van der Waals surface area contributed by atoms with Crippen molar-refractivity contribution in [1.82, 2.24) is 9.78 Å². The van der Waals surface area contributed by atoms with Gasteiger partial charge in [0.15, 0.2) is 0 Å². The molecule has 108 valence electrons. The first-order valence-corrected chi connectivity index (χ1v) is 7.53. The van der Waals surface area contributed by atoms with Crippen molar-refractivity contribution in [3.63, 3.8) is 0 Å². The molecule has 4 nitrogen and oxygen atoms in total. The highest BCUT2D eigenvalue weighted by Crippen LogP contribution is 2.64. The van der Waals surface area contributed by atoms with Gasteiger partial charge in [0.25, 0.3) is 0 Å². The molecule has 0 unspecified atom stereocenters. The molecular weight excluding hydrogens is 274 g/mol. The summed E-state index contributed by atoms with van der Waals surface area (Å²) >= 11 is 0. The third-order valence-electron chi connectivity index (χ3n) is 5.20. The molecule has 0 bridgehead atoms. The predicted octanol–water partition coefficient (Wildman–Crippen LogP) is 2.95. The van der Waals surface area contributed by atoms with E-state index in [0.717, 1.165) is 28.6 Å². The van der Waals surface area contributed by atoms with E-state index in [0.29, 0.717) is 0 Å². The van der Waals surface area contributed by atoms with E-state index < -0.39 is 0 Å². The van der Waals surface area contributed by atoms with Crippen LogP contribution in [0.5, 0.6) is 0 Å². The average molecular weight is 289 g/mol. The van der Waals surface area contributed by atoms with Gasteiger partial charge in [-0.15, -0.1) is 0 Å². The lowest BCUT2D eigenvalue weighted by Crippen LogP contribution is -2.20. The van der Waals surface area contributed by atoms with E-state index in [1.165, 1.54) is 5.56 Å². The molecule has 1 N–H and O–H groups in total. The van der Waals surface area contributed by atoms with Crippen LogP contribution in [0.3, 0.4) is 0 Å². The van der Waals surface area contributed by atoms with Gasteiger partial charge in [0.1, 0.15) is 0 Å². The molecule has 1 aliphatic heterocycles. The molecule has 4 heteroatoms. The summed E-state index contributed by atoms with van der Waals surface area (Å²) in [5.41, 5.74) is 4.10. The van der Waals surface area contributed by atoms with Crippen LogP contribution in [0.1, 0.15) is 23.5 Å². The summed E-state index contributed by atoms with van der Waals surface area (Å²) in [5.74, 6) is 0.402. The van der Waals surface area contributed by atoms with Gasteiger partial charge in [-0.2, -0.15) is 5.10 Å². The molecule has 1 spiro atoms. The number of benzene rings is 2. The molecular formula is C18H15N3O. The Balaban J connectivity index is 1.63. The van der Waals surface area contributed by atoms with E-state index in [1.807, 2.05) is 36.1 Å². The van der Waals surface area contributed by atoms with Gasteiger partial charge >= 0.3 is 0 Å². The molecule has 1 saturated carbocycles. The molecule has 5 rings (SSSR count). The lowest BCUT2D eigenvalue weighted by molar-refractivity contribution is -0.118. The van der Waals surface area contributed by atoms with Crippen LogP contribution in [0.4, 0.5) is 5.69 Å². The fraction of sp³-hybridized carbons (Fsp3) is 0.222. The zero-order valence-electron chi connectivity index (χ0n) is 12.2. The van der Waals surface area contributed by atoms with Crippen LogP contribution >= 0.6 is 0 Å². The molecule has 2 aliphatic rings. The Kier molecular flexibility index (Phi) is 2.05.